The maximum atomic E-state index is 11.0. The largest absolute Gasteiger partial charge is 0.418 e. The second-order valence-electron chi connectivity index (χ2n) is 0.720. The highest BCUT2D eigenvalue weighted by Crippen LogP contribution is 2.55. The Morgan fingerprint density at radius 2 is 2.43 bits per heavy atom. The molecule has 6 heteroatoms. The summed E-state index contributed by atoms with van der Waals surface area (Å²) in [7, 11) is 0.966. The van der Waals surface area contributed by atoms with E-state index in [-0.39, 0.29) is 0 Å². The van der Waals surface area contributed by atoms with Crippen LogP contribution in [0, 0.1) is 0 Å². The molecular formula is CH4FO3PS. The Balaban J connectivity index is 3.61. The molecule has 0 saturated carbocycles. The molecule has 0 radical (unpaired) electrons. The Bertz CT molecular complexity index is 86.9. The van der Waals surface area contributed by atoms with Gasteiger partial charge in [0, 0.05) is 7.11 Å². The minimum atomic E-state index is -3.90. The fraction of sp³-hybridized carbons (Fsp3) is 1.00. The van der Waals surface area contributed by atoms with Gasteiger partial charge in [-0.05, 0) is 0 Å². The van der Waals surface area contributed by atoms with Crippen LogP contribution in [0.1, 0.15) is 0 Å². The van der Waals surface area contributed by atoms with Crippen LogP contribution in [0.2, 0.25) is 0 Å². The predicted molar refractivity (Wildman–Crippen MR) is 25.5 cm³/mol. The minimum absolute atomic E-state index is 0.684. The molecule has 0 aromatic heterocycles. The van der Waals surface area contributed by atoms with Crippen LogP contribution in [0.3, 0.4) is 0 Å². The van der Waals surface area contributed by atoms with Gasteiger partial charge in [0.2, 0.25) is 0 Å². The highest BCUT2D eigenvalue weighted by molar-refractivity contribution is 8.52. The molecule has 0 aliphatic rings. The van der Waals surface area contributed by atoms with Crippen LogP contribution < -0.4 is 0 Å². The monoisotopic (exact) mass is 146 g/mol. The van der Waals surface area contributed by atoms with Crippen LogP contribution in [0.4, 0.5) is 3.89 Å². The lowest BCUT2D eigenvalue weighted by molar-refractivity contribution is 0.335. The Morgan fingerprint density at radius 1 is 2.00 bits per heavy atom. The van der Waals surface area contributed by atoms with Gasteiger partial charge in [0.25, 0.3) is 0 Å². The number of halogens is 1. The summed E-state index contributed by atoms with van der Waals surface area (Å²) in [6.07, 6.45) is 0. The first-order valence-corrected chi connectivity index (χ1v) is 4.21. The van der Waals surface area contributed by atoms with E-state index in [1.165, 1.54) is 0 Å². The van der Waals surface area contributed by atoms with E-state index in [0.717, 1.165) is 7.11 Å². The molecule has 0 aromatic carbocycles. The van der Waals surface area contributed by atoms with E-state index in [9.17, 15) is 8.45 Å². The molecule has 0 aromatic rings. The zero-order valence-electron chi connectivity index (χ0n) is 3.50. The Morgan fingerprint density at radius 3 is 2.43 bits per heavy atom. The third-order valence-electron chi connectivity index (χ3n) is 0.318. The van der Waals surface area contributed by atoms with Crippen LogP contribution in [0.25, 0.3) is 0 Å². The van der Waals surface area contributed by atoms with Crippen LogP contribution in [-0.4, -0.2) is 12.0 Å². The van der Waals surface area contributed by atoms with E-state index < -0.39 is 18.6 Å². The van der Waals surface area contributed by atoms with Crippen molar-refractivity contribution in [3.63, 3.8) is 0 Å². The molecule has 0 heterocycles. The molecule has 0 saturated heterocycles. The first-order chi connectivity index (χ1) is 3.12. The maximum Gasteiger partial charge on any atom is 0.418 e. The van der Waals surface area contributed by atoms with Crippen molar-refractivity contribution in [1.82, 2.24) is 0 Å². The molecule has 0 bridgehead atoms. The quantitative estimate of drug-likeness (QED) is 0.597. The molecule has 1 atom stereocenters. The summed E-state index contributed by atoms with van der Waals surface area (Å²) in [5, 5.41) is 0. The predicted octanol–water partition coefficient (Wildman–Crippen LogP) is 1.35. The summed E-state index contributed by atoms with van der Waals surface area (Å²) in [5.41, 5.74) is 0. The van der Waals surface area contributed by atoms with Crippen molar-refractivity contribution in [2.75, 3.05) is 7.11 Å². The molecule has 44 valence electrons. The maximum absolute atomic E-state index is 11.0. The highest BCUT2D eigenvalue weighted by atomic mass is 32.8. The molecule has 1 unspecified atom stereocenters. The Hall–Kier alpha value is 0.430. The van der Waals surface area contributed by atoms with Gasteiger partial charge in [0.15, 0.2) is 11.8 Å². The molecule has 0 rings (SSSR count). The van der Waals surface area contributed by atoms with Gasteiger partial charge in [-0.1, -0.05) is 0 Å². The SMILES string of the molecule is COP(=O)(O)SF. The van der Waals surface area contributed by atoms with Crippen LogP contribution in [0.5, 0.6) is 0 Å². The van der Waals surface area contributed by atoms with Crippen molar-refractivity contribution in [2.24, 2.45) is 0 Å². The Labute approximate surface area is 44.4 Å². The number of hydrogen-bond donors (Lipinski definition) is 1. The van der Waals surface area contributed by atoms with Crippen molar-refractivity contribution in [3.05, 3.63) is 0 Å². The molecule has 0 fully saturated rings. The zero-order chi connectivity index (χ0) is 5.91. The molecule has 1 N–H and O–H groups in total. The summed E-state index contributed by atoms with van der Waals surface area (Å²) < 4.78 is 24.7. The van der Waals surface area contributed by atoms with Gasteiger partial charge in [-0.2, -0.15) is 3.89 Å². The van der Waals surface area contributed by atoms with E-state index in [0.29, 0.717) is 0 Å². The highest BCUT2D eigenvalue weighted by Gasteiger charge is 2.17. The summed E-state index contributed by atoms with van der Waals surface area (Å²) in [4.78, 5) is 8.05. The number of rotatable bonds is 2. The summed E-state index contributed by atoms with van der Waals surface area (Å²) >= 11 is -0.684. The second-order valence-corrected chi connectivity index (χ2v) is 3.96. The molecule has 0 spiro atoms. The van der Waals surface area contributed by atoms with Crippen LogP contribution in [0.15, 0.2) is 0 Å². The topological polar surface area (TPSA) is 46.5 Å². The van der Waals surface area contributed by atoms with Crippen molar-refractivity contribution < 1.29 is 17.9 Å². The van der Waals surface area contributed by atoms with Crippen molar-refractivity contribution >= 4 is 18.6 Å². The van der Waals surface area contributed by atoms with Crippen LogP contribution >= 0.6 is 18.6 Å². The lowest BCUT2D eigenvalue weighted by atomic mass is 11.8. The van der Waals surface area contributed by atoms with E-state index >= 15 is 0 Å². The minimum Gasteiger partial charge on any atom is -0.315 e. The molecular weight excluding hydrogens is 142 g/mol. The fourth-order valence-corrected chi connectivity index (χ4v) is 0.254. The summed E-state index contributed by atoms with van der Waals surface area (Å²) in [5.74, 6) is 0. The standard InChI is InChI=1S/CH4FO3PS/c1-5-6(3,4)7-2/h1H3,(H,3,4). The van der Waals surface area contributed by atoms with Gasteiger partial charge < -0.3 is 9.42 Å². The third kappa shape index (κ3) is 3.05. The van der Waals surface area contributed by atoms with Gasteiger partial charge in [-0.25, -0.2) is 4.57 Å². The molecule has 0 aliphatic carbocycles. The lowest BCUT2D eigenvalue weighted by Gasteiger charge is -1.97. The average molecular weight is 146 g/mol. The van der Waals surface area contributed by atoms with Gasteiger partial charge in [0.1, 0.15) is 0 Å². The average Bonchev–Trinajstić information content (AvgIpc) is 1.68. The van der Waals surface area contributed by atoms with Gasteiger partial charge in [0.05, 0.1) is 0 Å². The van der Waals surface area contributed by atoms with Crippen molar-refractivity contribution in [2.45, 2.75) is 0 Å². The summed E-state index contributed by atoms with van der Waals surface area (Å²) in [6, 6.07) is 0. The summed E-state index contributed by atoms with van der Waals surface area (Å²) in [6.45, 7) is -3.90. The van der Waals surface area contributed by atoms with E-state index in [1.54, 1.807) is 0 Å². The molecule has 7 heavy (non-hydrogen) atoms. The normalized spacial score (nSPS) is 18.7. The van der Waals surface area contributed by atoms with E-state index in [1.807, 2.05) is 0 Å². The van der Waals surface area contributed by atoms with E-state index in [2.05, 4.69) is 4.52 Å². The zero-order valence-corrected chi connectivity index (χ0v) is 5.21. The van der Waals surface area contributed by atoms with Gasteiger partial charge in [-0.15, -0.1) is 0 Å². The number of hydrogen-bond acceptors (Lipinski definition) is 3. The van der Waals surface area contributed by atoms with Crippen molar-refractivity contribution in [3.8, 4) is 0 Å². The molecule has 0 aliphatic heterocycles. The van der Waals surface area contributed by atoms with Gasteiger partial charge >= 0.3 is 6.80 Å². The first kappa shape index (κ1) is 7.43. The third-order valence-corrected chi connectivity index (χ3v) is 1.92. The molecule has 0 amide bonds. The first-order valence-electron chi connectivity index (χ1n) is 1.31. The smallest absolute Gasteiger partial charge is 0.315 e. The van der Waals surface area contributed by atoms with Crippen molar-refractivity contribution in [1.29, 1.82) is 0 Å². The molecule has 3 nitrogen and oxygen atoms in total. The van der Waals surface area contributed by atoms with Gasteiger partial charge in [-0.3, -0.25) is 0 Å². The lowest BCUT2D eigenvalue weighted by Crippen LogP contribution is -1.71. The van der Waals surface area contributed by atoms with E-state index in [4.69, 9.17) is 4.89 Å². The second kappa shape index (κ2) is 2.67. The fourth-order valence-electron chi connectivity index (χ4n) is 0.0282. The Kier molecular flexibility index (Phi) is 2.83. The van der Waals surface area contributed by atoms with Crippen LogP contribution in [-0.2, 0) is 9.09 Å².